The monoisotopic (exact) mass is 376 g/mol. The highest BCUT2D eigenvalue weighted by atomic mass is 32.2. The minimum absolute atomic E-state index is 0.166. The summed E-state index contributed by atoms with van der Waals surface area (Å²) in [5.41, 5.74) is 7.47. The van der Waals surface area contributed by atoms with Crippen molar-refractivity contribution < 1.29 is 17.6 Å². The maximum absolute atomic E-state index is 14.0. The summed E-state index contributed by atoms with van der Waals surface area (Å²) >= 11 is 1.12. The van der Waals surface area contributed by atoms with E-state index in [9.17, 15) is 17.6 Å². The van der Waals surface area contributed by atoms with Gasteiger partial charge < -0.3 is 5.73 Å². The van der Waals surface area contributed by atoms with Crippen molar-refractivity contribution in [2.45, 2.75) is 4.90 Å². The van der Waals surface area contributed by atoms with Gasteiger partial charge in [0.2, 0.25) is 0 Å². The second-order valence-electron chi connectivity index (χ2n) is 5.41. The first-order valence-corrected chi connectivity index (χ1v) is 9.87. The highest BCUT2D eigenvalue weighted by Crippen LogP contribution is 2.40. The molecule has 2 aromatic heterocycles. The van der Waals surface area contributed by atoms with E-state index >= 15 is 0 Å². The lowest BCUT2D eigenvalue weighted by molar-refractivity contribution is 0.100. The van der Waals surface area contributed by atoms with Gasteiger partial charge in [-0.05, 0) is 29.8 Å². The van der Waals surface area contributed by atoms with E-state index in [1.54, 1.807) is 29.9 Å². The van der Waals surface area contributed by atoms with Crippen LogP contribution in [0.15, 0.2) is 53.0 Å². The van der Waals surface area contributed by atoms with Gasteiger partial charge in [0.25, 0.3) is 5.91 Å². The molecule has 0 unspecified atom stereocenters. The van der Waals surface area contributed by atoms with E-state index in [2.05, 4.69) is 4.98 Å². The van der Waals surface area contributed by atoms with E-state index in [1.807, 2.05) is 0 Å². The molecule has 0 spiro atoms. The highest BCUT2D eigenvalue weighted by molar-refractivity contribution is 7.90. The minimum Gasteiger partial charge on any atom is -0.365 e. The molecule has 3 aromatic rings. The first-order valence-electron chi connectivity index (χ1n) is 7.10. The van der Waals surface area contributed by atoms with E-state index < -0.39 is 21.6 Å². The largest absolute Gasteiger partial charge is 0.365 e. The number of aromatic nitrogens is 1. The number of halogens is 1. The third-order valence-corrected chi connectivity index (χ3v) is 5.66. The van der Waals surface area contributed by atoms with E-state index in [0.29, 0.717) is 16.7 Å². The topological polar surface area (TPSA) is 90.1 Å². The molecule has 1 amide bonds. The number of carbonyl (C=O) groups is 1. The molecule has 0 atom stereocenters. The third-order valence-electron chi connectivity index (χ3n) is 3.58. The summed E-state index contributed by atoms with van der Waals surface area (Å²) < 4.78 is 37.7. The highest BCUT2D eigenvalue weighted by Gasteiger charge is 2.21. The molecule has 1 aromatic carbocycles. The Bertz CT molecular complexity index is 1060. The summed E-state index contributed by atoms with van der Waals surface area (Å²) in [5, 5.41) is 1.72. The Morgan fingerprint density at radius 3 is 2.60 bits per heavy atom. The third kappa shape index (κ3) is 3.45. The maximum atomic E-state index is 14.0. The molecule has 0 aliphatic rings. The van der Waals surface area contributed by atoms with Crippen molar-refractivity contribution in [3.05, 3.63) is 58.8 Å². The van der Waals surface area contributed by atoms with E-state index in [-0.39, 0.29) is 15.3 Å². The van der Waals surface area contributed by atoms with Crippen LogP contribution in [0.3, 0.4) is 0 Å². The summed E-state index contributed by atoms with van der Waals surface area (Å²) in [6, 6.07) is 6.99. The van der Waals surface area contributed by atoms with Crippen molar-refractivity contribution in [2.24, 2.45) is 5.73 Å². The number of nitrogens with two attached hydrogens (primary N) is 1. The van der Waals surface area contributed by atoms with Crippen molar-refractivity contribution in [3.8, 4) is 22.3 Å². The number of benzene rings is 1. The lowest BCUT2D eigenvalue weighted by Gasteiger charge is -2.09. The fraction of sp³-hybridized carbons (Fsp3) is 0.0588. The molecule has 128 valence electrons. The number of amides is 1. The molecule has 8 heteroatoms. The molecule has 0 aliphatic carbocycles. The molecule has 0 radical (unpaired) electrons. The van der Waals surface area contributed by atoms with Gasteiger partial charge in [0.15, 0.2) is 9.84 Å². The summed E-state index contributed by atoms with van der Waals surface area (Å²) in [5.74, 6) is -1.38. The molecule has 2 N–H and O–H groups in total. The minimum atomic E-state index is -3.61. The molecule has 25 heavy (non-hydrogen) atoms. The molecule has 5 nitrogen and oxygen atoms in total. The Labute approximate surface area is 147 Å². The SMILES string of the molecule is CS(=O)(=O)c1cc(F)cc(-c2c(-c3cccnc3)csc2C(N)=O)c1. The molecular formula is C17H13FN2O3S2. The number of hydrogen-bond donors (Lipinski definition) is 1. The van der Waals surface area contributed by atoms with E-state index in [1.165, 1.54) is 12.1 Å². The van der Waals surface area contributed by atoms with Crippen molar-refractivity contribution >= 4 is 27.1 Å². The van der Waals surface area contributed by atoms with Crippen LogP contribution < -0.4 is 5.73 Å². The van der Waals surface area contributed by atoms with Crippen LogP contribution in [0.25, 0.3) is 22.3 Å². The van der Waals surface area contributed by atoms with E-state index in [0.717, 1.165) is 23.7 Å². The summed E-state index contributed by atoms with van der Waals surface area (Å²) in [6.07, 6.45) is 4.21. The van der Waals surface area contributed by atoms with Crippen LogP contribution >= 0.6 is 11.3 Å². The zero-order valence-corrected chi connectivity index (χ0v) is 14.7. The van der Waals surface area contributed by atoms with Gasteiger partial charge in [-0.2, -0.15) is 0 Å². The van der Waals surface area contributed by atoms with Crippen LogP contribution in [0.4, 0.5) is 4.39 Å². The number of pyridine rings is 1. The second-order valence-corrected chi connectivity index (χ2v) is 8.30. The van der Waals surface area contributed by atoms with Crippen LogP contribution in [-0.2, 0) is 9.84 Å². The number of carbonyl (C=O) groups excluding carboxylic acids is 1. The van der Waals surface area contributed by atoms with Crippen LogP contribution in [-0.4, -0.2) is 25.6 Å². The molecule has 0 bridgehead atoms. The van der Waals surface area contributed by atoms with Gasteiger partial charge in [-0.1, -0.05) is 6.07 Å². The van der Waals surface area contributed by atoms with Crippen LogP contribution in [0.1, 0.15) is 9.67 Å². The number of sulfone groups is 1. The molecule has 0 saturated carbocycles. The quantitative estimate of drug-likeness (QED) is 0.757. The number of thiophene rings is 1. The Hall–Kier alpha value is -2.58. The van der Waals surface area contributed by atoms with Gasteiger partial charge in [-0.15, -0.1) is 11.3 Å². The Kier molecular flexibility index (Phi) is 4.40. The molecule has 0 saturated heterocycles. The van der Waals surface area contributed by atoms with Gasteiger partial charge in [0, 0.05) is 40.7 Å². The fourth-order valence-corrected chi connectivity index (χ4v) is 4.10. The van der Waals surface area contributed by atoms with Gasteiger partial charge in [0.1, 0.15) is 10.7 Å². The average molecular weight is 376 g/mol. The Morgan fingerprint density at radius 1 is 1.24 bits per heavy atom. The average Bonchev–Trinajstić information content (AvgIpc) is 2.99. The van der Waals surface area contributed by atoms with Gasteiger partial charge in [-0.25, -0.2) is 12.8 Å². The van der Waals surface area contributed by atoms with Gasteiger partial charge >= 0.3 is 0 Å². The number of rotatable bonds is 4. The summed E-state index contributed by atoms with van der Waals surface area (Å²) in [6.45, 7) is 0. The standard InChI is InChI=1S/C17H13FN2O3S2/c1-25(22,23)13-6-11(5-12(18)7-13)15-14(9-24-16(15)17(19)21)10-3-2-4-20-8-10/h2-9H,1H3,(H2,19,21). The number of primary amides is 1. The zero-order chi connectivity index (χ0) is 18.2. The molecular weight excluding hydrogens is 363 g/mol. The Morgan fingerprint density at radius 2 is 2.00 bits per heavy atom. The maximum Gasteiger partial charge on any atom is 0.259 e. The fourth-order valence-electron chi connectivity index (χ4n) is 2.48. The van der Waals surface area contributed by atoms with Crippen molar-refractivity contribution in [2.75, 3.05) is 6.26 Å². The van der Waals surface area contributed by atoms with Gasteiger partial charge in [-0.3, -0.25) is 9.78 Å². The smallest absolute Gasteiger partial charge is 0.259 e. The van der Waals surface area contributed by atoms with Crippen molar-refractivity contribution in [1.29, 1.82) is 0 Å². The molecule has 2 heterocycles. The zero-order valence-electron chi connectivity index (χ0n) is 13.1. The van der Waals surface area contributed by atoms with Gasteiger partial charge in [0.05, 0.1) is 4.90 Å². The molecule has 3 rings (SSSR count). The molecule has 0 fully saturated rings. The molecule has 0 aliphatic heterocycles. The second kappa shape index (κ2) is 6.38. The van der Waals surface area contributed by atoms with Crippen molar-refractivity contribution in [3.63, 3.8) is 0 Å². The van der Waals surface area contributed by atoms with Crippen molar-refractivity contribution in [1.82, 2.24) is 4.98 Å². The van der Waals surface area contributed by atoms with Crippen LogP contribution in [0.2, 0.25) is 0 Å². The van der Waals surface area contributed by atoms with Crippen LogP contribution in [0, 0.1) is 5.82 Å². The summed E-state index contributed by atoms with van der Waals surface area (Å²) in [7, 11) is -3.61. The van der Waals surface area contributed by atoms with Crippen LogP contribution in [0.5, 0.6) is 0 Å². The van der Waals surface area contributed by atoms with E-state index in [4.69, 9.17) is 5.73 Å². The lowest BCUT2D eigenvalue weighted by Crippen LogP contribution is -2.10. The normalized spacial score (nSPS) is 11.4. The number of nitrogens with zero attached hydrogens (tertiary/aromatic N) is 1. The lowest BCUT2D eigenvalue weighted by atomic mass is 9.97. The predicted octanol–water partition coefficient (Wildman–Crippen LogP) is 3.12. The Balaban J connectivity index is 2.32. The predicted molar refractivity (Wildman–Crippen MR) is 94.6 cm³/mol. The summed E-state index contributed by atoms with van der Waals surface area (Å²) in [4.78, 5) is 15.9. The number of hydrogen-bond acceptors (Lipinski definition) is 5. The first-order chi connectivity index (χ1) is 11.8. The first kappa shape index (κ1) is 17.2.